The maximum atomic E-state index is 10.2. The lowest BCUT2D eigenvalue weighted by atomic mass is 10.2. The van der Waals surface area contributed by atoms with E-state index < -0.39 is 6.10 Å². The molecule has 2 aromatic rings. The van der Waals surface area contributed by atoms with Gasteiger partial charge in [-0.3, -0.25) is 4.90 Å². The highest BCUT2D eigenvalue weighted by Gasteiger charge is 2.21. The highest BCUT2D eigenvalue weighted by molar-refractivity contribution is 5.58. The fourth-order valence-corrected chi connectivity index (χ4v) is 3.30. The molecule has 0 aromatic heterocycles. The minimum Gasteiger partial charge on any atom is -0.495 e. The lowest BCUT2D eigenvalue weighted by molar-refractivity contribution is 0.00913. The summed E-state index contributed by atoms with van der Waals surface area (Å²) in [7, 11) is 1.71. The van der Waals surface area contributed by atoms with Gasteiger partial charge in [0, 0.05) is 32.7 Å². The van der Waals surface area contributed by atoms with E-state index in [1.165, 1.54) is 0 Å². The minimum atomic E-state index is -0.462. The number of para-hydroxylation sites is 2. The Hall–Kier alpha value is -2.08. The Morgan fingerprint density at radius 3 is 2.38 bits per heavy atom. The van der Waals surface area contributed by atoms with E-state index >= 15 is 0 Å². The monoisotopic (exact) mass is 356 g/mol. The average Bonchev–Trinajstić information content (AvgIpc) is 2.69. The zero-order valence-electron chi connectivity index (χ0n) is 15.4. The third-order valence-electron chi connectivity index (χ3n) is 4.69. The van der Waals surface area contributed by atoms with Crippen LogP contribution in [0.3, 0.4) is 0 Å². The molecule has 1 fully saturated rings. The van der Waals surface area contributed by atoms with E-state index in [9.17, 15) is 5.11 Å². The van der Waals surface area contributed by atoms with Gasteiger partial charge in [-0.1, -0.05) is 42.5 Å². The van der Waals surface area contributed by atoms with E-state index in [-0.39, 0.29) is 0 Å². The van der Waals surface area contributed by atoms with Crippen LogP contribution in [0.1, 0.15) is 5.56 Å². The van der Waals surface area contributed by atoms with E-state index in [1.807, 2.05) is 48.5 Å². The summed E-state index contributed by atoms with van der Waals surface area (Å²) >= 11 is 0. The van der Waals surface area contributed by atoms with Crippen LogP contribution in [0.25, 0.3) is 0 Å². The van der Waals surface area contributed by atoms with Crippen LogP contribution >= 0.6 is 0 Å². The quantitative estimate of drug-likeness (QED) is 0.787. The van der Waals surface area contributed by atoms with Crippen LogP contribution in [0.4, 0.5) is 5.69 Å². The van der Waals surface area contributed by atoms with Crippen molar-refractivity contribution in [2.75, 3.05) is 51.3 Å². The maximum Gasteiger partial charge on any atom is 0.142 e. The number of hydrogen-bond acceptors (Lipinski definition) is 5. The molecule has 0 radical (unpaired) electrons. The fraction of sp³-hybridized carbons (Fsp3) is 0.429. The third-order valence-corrected chi connectivity index (χ3v) is 4.69. The molecule has 1 N–H and O–H groups in total. The SMILES string of the molecule is COc1ccccc1N1CCN(CC(O)COCc2ccccc2)CC1. The first-order chi connectivity index (χ1) is 12.8. The topological polar surface area (TPSA) is 45.2 Å². The Labute approximate surface area is 155 Å². The Balaban J connectivity index is 1.39. The van der Waals surface area contributed by atoms with E-state index in [0.29, 0.717) is 19.8 Å². The number of anilines is 1. The predicted molar refractivity (Wildman–Crippen MR) is 104 cm³/mol. The van der Waals surface area contributed by atoms with Gasteiger partial charge in [-0.15, -0.1) is 0 Å². The molecule has 0 bridgehead atoms. The van der Waals surface area contributed by atoms with Crippen LogP contribution in [0.5, 0.6) is 5.75 Å². The van der Waals surface area contributed by atoms with Crippen molar-refractivity contribution in [3.63, 3.8) is 0 Å². The summed E-state index contributed by atoms with van der Waals surface area (Å²) in [4.78, 5) is 4.63. The van der Waals surface area contributed by atoms with E-state index in [2.05, 4.69) is 15.9 Å². The van der Waals surface area contributed by atoms with Crippen molar-refractivity contribution in [2.24, 2.45) is 0 Å². The third kappa shape index (κ3) is 5.21. The normalized spacial score (nSPS) is 16.5. The smallest absolute Gasteiger partial charge is 0.142 e. The summed E-state index contributed by atoms with van der Waals surface area (Å²) in [5.41, 5.74) is 2.27. The first-order valence-corrected chi connectivity index (χ1v) is 9.16. The predicted octanol–water partition coefficient (Wildman–Crippen LogP) is 2.39. The first-order valence-electron chi connectivity index (χ1n) is 9.16. The zero-order chi connectivity index (χ0) is 18.2. The van der Waals surface area contributed by atoms with E-state index in [0.717, 1.165) is 43.2 Å². The lowest BCUT2D eigenvalue weighted by Gasteiger charge is -2.37. The van der Waals surface area contributed by atoms with Crippen LogP contribution in [0.15, 0.2) is 54.6 Å². The summed E-state index contributed by atoms with van der Waals surface area (Å²) in [5, 5.41) is 10.2. The number of nitrogens with zero attached hydrogens (tertiary/aromatic N) is 2. The van der Waals surface area contributed by atoms with Gasteiger partial charge < -0.3 is 19.5 Å². The zero-order valence-corrected chi connectivity index (χ0v) is 15.4. The number of piperazine rings is 1. The molecule has 0 saturated carbocycles. The second-order valence-corrected chi connectivity index (χ2v) is 6.61. The van der Waals surface area contributed by atoms with Crippen molar-refractivity contribution < 1.29 is 14.6 Å². The molecule has 5 heteroatoms. The number of hydrogen-bond donors (Lipinski definition) is 1. The number of aliphatic hydroxyl groups excluding tert-OH is 1. The van der Waals surface area contributed by atoms with Crippen molar-refractivity contribution in [2.45, 2.75) is 12.7 Å². The van der Waals surface area contributed by atoms with Gasteiger partial charge in [-0.2, -0.15) is 0 Å². The second-order valence-electron chi connectivity index (χ2n) is 6.61. The van der Waals surface area contributed by atoms with E-state index in [1.54, 1.807) is 7.11 Å². The molecule has 5 nitrogen and oxygen atoms in total. The molecule has 3 rings (SSSR count). The van der Waals surface area contributed by atoms with Crippen LogP contribution < -0.4 is 9.64 Å². The van der Waals surface area contributed by atoms with E-state index in [4.69, 9.17) is 9.47 Å². The Bertz CT molecular complexity index is 657. The molecule has 1 aliphatic heterocycles. The molecule has 26 heavy (non-hydrogen) atoms. The second kappa shape index (κ2) is 9.57. The summed E-state index contributed by atoms with van der Waals surface area (Å²) in [6.45, 7) is 5.26. The average molecular weight is 356 g/mol. The van der Waals surface area contributed by atoms with Crippen LogP contribution in [0, 0.1) is 0 Å². The molecular weight excluding hydrogens is 328 g/mol. The standard InChI is InChI=1S/C21H28N2O3/c1-25-21-10-6-5-9-20(21)23-13-11-22(12-14-23)15-19(24)17-26-16-18-7-3-2-4-8-18/h2-10,19,24H,11-17H2,1H3. The Kier molecular flexibility index (Phi) is 6.89. The van der Waals surface area contributed by atoms with Gasteiger partial charge in [0.1, 0.15) is 5.75 Å². The van der Waals surface area contributed by atoms with Gasteiger partial charge >= 0.3 is 0 Å². The molecule has 1 saturated heterocycles. The van der Waals surface area contributed by atoms with Crippen molar-refractivity contribution in [3.05, 3.63) is 60.2 Å². The molecular formula is C21H28N2O3. The summed E-state index contributed by atoms with van der Waals surface area (Å²) in [6, 6.07) is 18.2. The largest absolute Gasteiger partial charge is 0.495 e. The van der Waals surface area contributed by atoms with Crippen molar-refractivity contribution in [1.82, 2.24) is 4.90 Å². The van der Waals surface area contributed by atoms with Crippen LogP contribution in [-0.2, 0) is 11.3 Å². The molecule has 2 aromatic carbocycles. The highest BCUT2D eigenvalue weighted by Crippen LogP contribution is 2.28. The van der Waals surface area contributed by atoms with Crippen molar-refractivity contribution in [3.8, 4) is 5.75 Å². The van der Waals surface area contributed by atoms with Crippen molar-refractivity contribution in [1.29, 1.82) is 0 Å². The van der Waals surface area contributed by atoms with Gasteiger partial charge in [0.05, 0.1) is 32.1 Å². The molecule has 0 spiro atoms. The van der Waals surface area contributed by atoms with Gasteiger partial charge in [0.25, 0.3) is 0 Å². The molecule has 1 unspecified atom stereocenters. The first kappa shape index (κ1) is 18.7. The van der Waals surface area contributed by atoms with Crippen molar-refractivity contribution >= 4 is 5.69 Å². The highest BCUT2D eigenvalue weighted by atomic mass is 16.5. The number of benzene rings is 2. The molecule has 0 aliphatic carbocycles. The minimum absolute atomic E-state index is 0.363. The summed E-state index contributed by atoms with van der Waals surface area (Å²) in [6.07, 6.45) is -0.462. The molecule has 1 atom stereocenters. The number of ether oxygens (including phenoxy) is 2. The lowest BCUT2D eigenvalue weighted by Crippen LogP contribution is -2.49. The van der Waals surface area contributed by atoms with Crippen LogP contribution in [0.2, 0.25) is 0 Å². The maximum absolute atomic E-state index is 10.2. The number of rotatable bonds is 8. The fourth-order valence-electron chi connectivity index (χ4n) is 3.30. The van der Waals surface area contributed by atoms with Gasteiger partial charge in [0.2, 0.25) is 0 Å². The summed E-state index contributed by atoms with van der Waals surface area (Å²) in [5.74, 6) is 0.912. The number of aliphatic hydroxyl groups is 1. The summed E-state index contributed by atoms with van der Waals surface area (Å²) < 4.78 is 11.1. The molecule has 1 heterocycles. The number of β-amino-alcohol motifs (C(OH)–C–C–N with tert-alkyl or cyclic N) is 1. The molecule has 1 aliphatic rings. The van der Waals surface area contributed by atoms with Gasteiger partial charge in [-0.25, -0.2) is 0 Å². The molecule has 0 amide bonds. The Morgan fingerprint density at radius 2 is 1.65 bits per heavy atom. The van der Waals surface area contributed by atoms with Crippen LogP contribution in [-0.4, -0.2) is 62.6 Å². The Morgan fingerprint density at radius 1 is 0.962 bits per heavy atom. The van der Waals surface area contributed by atoms with Gasteiger partial charge in [-0.05, 0) is 17.7 Å². The number of methoxy groups -OCH3 is 1. The van der Waals surface area contributed by atoms with Gasteiger partial charge in [0.15, 0.2) is 0 Å². The molecule has 140 valence electrons.